The van der Waals surface area contributed by atoms with Crippen molar-refractivity contribution in [1.29, 1.82) is 0 Å². The van der Waals surface area contributed by atoms with Crippen molar-refractivity contribution >= 4 is 6.08 Å². The van der Waals surface area contributed by atoms with Gasteiger partial charge in [-0.1, -0.05) is 38.5 Å². The lowest BCUT2D eigenvalue weighted by Crippen LogP contribution is -2.40. The molecule has 5 rings (SSSR count). The van der Waals surface area contributed by atoms with E-state index in [1.54, 1.807) is 24.3 Å². The summed E-state index contributed by atoms with van der Waals surface area (Å²) in [4.78, 5) is 0. The molecule has 5 heteroatoms. The van der Waals surface area contributed by atoms with Gasteiger partial charge in [0.25, 0.3) is 0 Å². The second-order valence-electron chi connectivity index (χ2n) is 8.74. The van der Waals surface area contributed by atoms with Crippen molar-refractivity contribution in [2.24, 2.45) is 11.3 Å². The van der Waals surface area contributed by atoms with Crippen LogP contribution < -0.4 is 0 Å². The minimum absolute atomic E-state index is 0.0874. The first kappa shape index (κ1) is 22.3. The molecule has 1 heterocycles. The molecule has 3 atom stereocenters. The minimum Gasteiger partial charge on any atom is -0.508 e. The van der Waals surface area contributed by atoms with Crippen LogP contribution in [0.3, 0.4) is 0 Å². The van der Waals surface area contributed by atoms with Gasteiger partial charge in [-0.25, -0.2) is 9.07 Å². The molecule has 0 spiro atoms. The van der Waals surface area contributed by atoms with E-state index in [0.717, 1.165) is 48.2 Å². The largest absolute Gasteiger partial charge is 0.508 e. The van der Waals surface area contributed by atoms with Gasteiger partial charge in [-0.05, 0) is 90.6 Å². The monoisotopic (exact) mass is 434 g/mol. The predicted octanol–water partition coefficient (Wildman–Crippen LogP) is 6.22. The summed E-state index contributed by atoms with van der Waals surface area (Å²) in [6, 6.07) is 13.3. The first-order valence-electron chi connectivity index (χ1n) is 11.5. The summed E-state index contributed by atoms with van der Waals surface area (Å²) in [5.74, 6) is 0.0327. The Morgan fingerprint density at radius 3 is 2.47 bits per heavy atom. The molecule has 4 nitrogen and oxygen atoms in total. The number of benzene rings is 2. The SMILES string of the molecule is CC.CC12Cc3cnn(-c4ccc(F)cc4)c3C=C1CCCC2C(O)c1ccc(O)cc1. The third kappa shape index (κ3) is 3.86. The van der Waals surface area contributed by atoms with Crippen LogP contribution in [-0.2, 0) is 6.42 Å². The highest BCUT2D eigenvalue weighted by atomic mass is 19.1. The molecule has 3 unspecified atom stereocenters. The van der Waals surface area contributed by atoms with Crippen molar-refractivity contribution in [3.8, 4) is 11.4 Å². The Bertz CT molecular complexity index is 1100. The van der Waals surface area contributed by atoms with Crippen LogP contribution in [0.1, 0.15) is 63.0 Å². The van der Waals surface area contributed by atoms with E-state index in [2.05, 4.69) is 18.1 Å². The van der Waals surface area contributed by atoms with Crippen LogP contribution >= 0.6 is 0 Å². The summed E-state index contributed by atoms with van der Waals surface area (Å²) < 4.78 is 15.2. The van der Waals surface area contributed by atoms with E-state index < -0.39 is 6.10 Å². The molecule has 32 heavy (non-hydrogen) atoms. The molecule has 2 N–H and O–H groups in total. The molecule has 0 amide bonds. The zero-order valence-corrected chi connectivity index (χ0v) is 18.9. The van der Waals surface area contributed by atoms with Gasteiger partial charge >= 0.3 is 0 Å². The number of aromatic nitrogens is 2. The lowest BCUT2D eigenvalue weighted by Gasteiger charge is -2.47. The van der Waals surface area contributed by atoms with Crippen LogP contribution in [0, 0.1) is 17.2 Å². The average molecular weight is 435 g/mol. The molecule has 1 fully saturated rings. The Balaban J connectivity index is 0.00000119. The van der Waals surface area contributed by atoms with Gasteiger partial charge in [-0.2, -0.15) is 5.10 Å². The van der Waals surface area contributed by atoms with Crippen molar-refractivity contribution in [2.45, 2.75) is 52.6 Å². The lowest BCUT2D eigenvalue weighted by molar-refractivity contribution is 0.0217. The van der Waals surface area contributed by atoms with E-state index in [9.17, 15) is 14.6 Å². The van der Waals surface area contributed by atoms with Gasteiger partial charge in [0.15, 0.2) is 0 Å². The summed E-state index contributed by atoms with van der Waals surface area (Å²) >= 11 is 0. The Labute approximate surface area is 189 Å². The summed E-state index contributed by atoms with van der Waals surface area (Å²) in [6.07, 6.45) is 7.34. The van der Waals surface area contributed by atoms with Gasteiger partial charge in [-0.15, -0.1) is 0 Å². The number of halogens is 1. The van der Waals surface area contributed by atoms with Crippen LogP contribution in [0.5, 0.6) is 5.75 Å². The van der Waals surface area contributed by atoms with E-state index in [0.29, 0.717) is 0 Å². The van der Waals surface area contributed by atoms with Gasteiger partial charge in [0.05, 0.1) is 23.7 Å². The summed E-state index contributed by atoms with van der Waals surface area (Å²) in [5, 5.41) is 25.4. The van der Waals surface area contributed by atoms with Crippen LogP contribution in [0.4, 0.5) is 4.39 Å². The van der Waals surface area contributed by atoms with Gasteiger partial charge in [0.1, 0.15) is 11.6 Å². The molecule has 1 aromatic heterocycles. The van der Waals surface area contributed by atoms with E-state index in [1.165, 1.54) is 17.7 Å². The molecule has 0 radical (unpaired) electrons. The van der Waals surface area contributed by atoms with Gasteiger partial charge in [0, 0.05) is 0 Å². The van der Waals surface area contributed by atoms with Crippen molar-refractivity contribution in [3.63, 3.8) is 0 Å². The minimum atomic E-state index is -0.590. The maximum Gasteiger partial charge on any atom is 0.123 e. The maximum absolute atomic E-state index is 13.3. The standard InChI is InChI=1S/C25H25FN2O2.C2H6/c1-25-14-17-15-27-28(20-9-7-19(26)8-10-20)23(17)13-18(25)3-2-4-22(25)24(30)16-5-11-21(29)12-6-16;1-2/h5-13,15,22,24,29-30H,2-4,14H2,1H3;1-2H3. The number of nitrogens with zero attached hydrogens (tertiary/aromatic N) is 2. The number of fused-ring (bicyclic) bond motifs is 2. The first-order chi connectivity index (χ1) is 15.5. The molecular formula is C27H31FN2O2. The molecule has 0 bridgehead atoms. The van der Waals surface area contributed by atoms with Crippen molar-refractivity contribution in [3.05, 3.63) is 82.9 Å². The molecular weight excluding hydrogens is 403 g/mol. The Morgan fingerprint density at radius 2 is 1.78 bits per heavy atom. The van der Waals surface area contributed by atoms with Gasteiger partial charge in [-0.3, -0.25) is 0 Å². The number of rotatable bonds is 3. The van der Waals surface area contributed by atoms with E-state index in [4.69, 9.17) is 0 Å². The number of phenols is 1. The van der Waals surface area contributed by atoms with E-state index >= 15 is 0 Å². The summed E-state index contributed by atoms with van der Waals surface area (Å²) in [7, 11) is 0. The zero-order valence-electron chi connectivity index (χ0n) is 18.9. The zero-order chi connectivity index (χ0) is 22.9. The second kappa shape index (κ2) is 8.91. The molecule has 1 saturated carbocycles. The van der Waals surface area contributed by atoms with Gasteiger partial charge < -0.3 is 10.2 Å². The van der Waals surface area contributed by atoms with Crippen LogP contribution in [0.15, 0.2) is 60.3 Å². The lowest BCUT2D eigenvalue weighted by atomic mass is 9.57. The van der Waals surface area contributed by atoms with Crippen molar-refractivity contribution < 1.29 is 14.6 Å². The number of phenolic OH excluding ortho intramolecular Hbond substituents is 1. The Kier molecular flexibility index (Phi) is 6.20. The molecule has 168 valence electrons. The highest BCUT2D eigenvalue weighted by Crippen LogP contribution is 2.54. The average Bonchev–Trinajstić information content (AvgIpc) is 3.20. The van der Waals surface area contributed by atoms with Gasteiger partial charge in [0.2, 0.25) is 0 Å². The fraction of sp³-hybridized carbons (Fsp3) is 0.370. The van der Waals surface area contributed by atoms with Crippen LogP contribution in [0.25, 0.3) is 11.8 Å². The quantitative estimate of drug-likeness (QED) is 0.514. The number of aliphatic hydroxyl groups is 1. The highest BCUT2D eigenvalue weighted by molar-refractivity contribution is 5.61. The molecule has 2 aliphatic rings. The molecule has 2 aliphatic carbocycles. The third-order valence-corrected chi connectivity index (χ3v) is 6.95. The number of aromatic hydroxyl groups is 1. The number of allylic oxidation sites excluding steroid dienone is 1. The number of hydrogen-bond donors (Lipinski definition) is 2. The van der Waals surface area contributed by atoms with Crippen LogP contribution in [-0.4, -0.2) is 20.0 Å². The Morgan fingerprint density at radius 1 is 1.09 bits per heavy atom. The van der Waals surface area contributed by atoms with Crippen molar-refractivity contribution in [1.82, 2.24) is 9.78 Å². The molecule has 2 aromatic carbocycles. The molecule has 0 saturated heterocycles. The predicted molar refractivity (Wildman–Crippen MR) is 125 cm³/mol. The van der Waals surface area contributed by atoms with E-state index in [1.807, 2.05) is 36.9 Å². The van der Waals surface area contributed by atoms with Crippen molar-refractivity contribution in [2.75, 3.05) is 0 Å². The fourth-order valence-corrected chi connectivity index (χ4v) is 5.28. The second-order valence-corrected chi connectivity index (χ2v) is 8.74. The smallest absolute Gasteiger partial charge is 0.123 e. The number of hydrogen-bond acceptors (Lipinski definition) is 3. The number of aliphatic hydroxyl groups excluding tert-OH is 1. The van der Waals surface area contributed by atoms with Crippen LogP contribution in [0.2, 0.25) is 0 Å². The topological polar surface area (TPSA) is 58.3 Å². The van der Waals surface area contributed by atoms with E-state index in [-0.39, 0.29) is 22.9 Å². The summed E-state index contributed by atoms with van der Waals surface area (Å²) in [6.45, 7) is 6.25. The highest BCUT2D eigenvalue weighted by Gasteiger charge is 2.46. The summed E-state index contributed by atoms with van der Waals surface area (Å²) in [5.41, 5.74) is 5.07. The third-order valence-electron chi connectivity index (χ3n) is 6.95. The first-order valence-corrected chi connectivity index (χ1v) is 11.5. The molecule has 3 aromatic rings. The Hall–Kier alpha value is -2.92. The molecule has 0 aliphatic heterocycles. The normalized spacial score (nSPS) is 22.7. The maximum atomic E-state index is 13.3. The fourth-order valence-electron chi connectivity index (χ4n) is 5.28.